The third-order valence-corrected chi connectivity index (χ3v) is 2.17. The second kappa shape index (κ2) is 4.99. The summed E-state index contributed by atoms with van der Waals surface area (Å²) in [6, 6.07) is 1.79. The van der Waals surface area contributed by atoms with Crippen LogP contribution in [-0.2, 0) is 10.3 Å². The molecule has 5 nitrogen and oxygen atoms in total. The summed E-state index contributed by atoms with van der Waals surface area (Å²) in [4.78, 5) is 0. The summed E-state index contributed by atoms with van der Waals surface area (Å²) in [6.07, 6.45) is 0.446. The molecular formula is C7H7Cl3N4O. The zero-order valence-electron chi connectivity index (χ0n) is 7.49. The topological polar surface area (TPSA) is 74.7 Å². The molecule has 0 aromatic carbocycles. The summed E-state index contributed by atoms with van der Waals surface area (Å²) in [6.45, 7) is 0.329. The molecule has 1 aromatic heterocycles. The number of rotatable bonds is 3. The molecule has 0 radical (unpaired) electrons. The van der Waals surface area contributed by atoms with Crippen molar-refractivity contribution in [1.29, 1.82) is 5.26 Å². The van der Waals surface area contributed by atoms with Gasteiger partial charge in [-0.1, -0.05) is 40.0 Å². The number of aliphatic hydroxyl groups is 1. The summed E-state index contributed by atoms with van der Waals surface area (Å²) in [5.41, 5.74) is 0.108. The van der Waals surface area contributed by atoms with Crippen molar-refractivity contribution in [2.75, 3.05) is 6.61 Å². The normalized spacial score (nSPS) is 11.4. The third-order valence-electron chi connectivity index (χ3n) is 1.64. The van der Waals surface area contributed by atoms with Crippen molar-refractivity contribution in [3.05, 3.63) is 11.4 Å². The summed E-state index contributed by atoms with van der Waals surface area (Å²) in [7, 11) is 0. The number of halogens is 3. The smallest absolute Gasteiger partial charge is 0.235 e. The molecule has 15 heavy (non-hydrogen) atoms. The van der Waals surface area contributed by atoms with Crippen molar-refractivity contribution in [1.82, 2.24) is 15.0 Å². The Morgan fingerprint density at radius 1 is 1.47 bits per heavy atom. The Bertz CT molecular complexity index is 379. The van der Waals surface area contributed by atoms with Crippen LogP contribution in [0.2, 0.25) is 0 Å². The van der Waals surface area contributed by atoms with E-state index in [1.807, 2.05) is 0 Å². The maximum Gasteiger partial charge on any atom is 0.235 e. The van der Waals surface area contributed by atoms with Crippen LogP contribution >= 0.6 is 34.8 Å². The van der Waals surface area contributed by atoms with E-state index >= 15 is 0 Å². The Kier molecular flexibility index (Phi) is 4.17. The average Bonchev–Trinajstić information content (AvgIpc) is 2.56. The van der Waals surface area contributed by atoms with Gasteiger partial charge in [0.2, 0.25) is 3.79 Å². The molecule has 8 heteroatoms. The van der Waals surface area contributed by atoms with Gasteiger partial charge in [-0.25, -0.2) is 4.68 Å². The van der Waals surface area contributed by atoms with Gasteiger partial charge in [-0.15, -0.1) is 5.10 Å². The molecule has 0 amide bonds. The van der Waals surface area contributed by atoms with E-state index in [1.54, 1.807) is 6.07 Å². The van der Waals surface area contributed by atoms with Gasteiger partial charge in [-0.05, 0) is 6.42 Å². The molecule has 0 bridgehead atoms. The lowest BCUT2D eigenvalue weighted by Gasteiger charge is -2.12. The minimum absolute atomic E-state index is 0.0129. The van der Waals surface area contributed by atoms with E-state index in [2.05, 4.69) is 10.3 Å². The second-order valence-corrected chi connectivity index (χ2v) is 4.98. The number of aromatic nitrogens is 3. The highest BCUT2D eigenvalue weighted by molar-refractivity contribution is 6.66. The van der Waals surface area contributed by atoms with Crippen molar-refractivity contribution < 1.29 is 5.11 Å². The molecule has 1 rings (SSSR count). The Hall–Kier alpha value is -0.540. The SMILES string of the molecule is N#Cc1nnn(CCCO)c1C(Cl)(Cl)Cl. The highest BCUT2D eigenvalue weighted by Gasteiger charge is 2.32. The lowest BCUT2D eigenvalue weighted by Crippen LogP contribution is -2.14. The molecule has 0 aliphatic rings. The van der Waals surface area contributed by atoms with Crippen LogP contribution in [0.15, 0.2) is 0 Å². The summed E-state index contributed by atoms with van der Waals surface area (Å²) in [5.74, 6) is 0. The Morgan fingerprint density at radius 3 is 2.60 bits per heavy atom. The molecule has 0 saturated heterocycles. The molecule has 0 spiro atoms. The molecule has 1 heterocycles. The highest BCUT2D eigenvalue weighted by atomic mass is 35.6. The van der Waals surface area contributed by atoms with Gasteiger partial charge >= 0.3 is 0 Å². The first-order valence-corrected chi connectivity index (χ1v) is 5.15. The summed E-state index contributed by atoms with van der Waals surface area (Å²) < 4.78 is -0.439. The number of hydrogen-bond acceptors (Lipinski definition) is 4. The Labute approximate surface area is 101 Å². The average molecular weight is 270 g/mol. The van der Waals surface area contributed by atoms with Gasteiger partial charge in [-0.3, -0.25) is 0 Å². The number of alkyl halides is 3. The van der Waals surface area contributed by atoms with Crippen LogP contribution in [0.1, 0.15) is 17.8 Å². The summed E-state index contributed by atoms with van der Waals surface area (Å²) in [5, 5.41) is 24.6. The highest BCUT2D eigenvalue weighted by Crippen LogP contribution is 2.39. The molecule has 1 N–H and O–H groups in total. The molecule has 0 aliphatic heterocycles. The molecule has 1 aromatic rings. The van der Waals surface area contributed by atoms with E-state index in [0.717, 1.165) is 0 Å². The quantitative estimate of drug-likeness (QED) is 0.841. The van der Waals surface area contributed by atoms with Gasteiger partial charge in [0.15, 0.2) is 5.69 Å². The molecule has 0 unspecified atom stereocenters. The standard InChI is InChI=1S/C7H7Cl3N4O/c8-7(9,10)6-5(4-11)12-13-14(6)2-1-3-15/h15H,1-3H2. The van der Waals surface area contributed by atoms with Crippen molar-refractivity contribution >= 4 is 34.8 Å². The maximum atomic E-state index is 8.73. The fourth-order valence-corrected chi connectivity index (χ4v) is 1.61. The van der Waals surface area contributed by atoms with Crippen LogP contribution in [0.5, 0.6) is 0 Å². The van der Waals surface area contributed by atoms with Crippen molar-refractivity contribution in [3.8, 4) is 6.07 Å². The van der Waals surface area contributed by atoms with Gasteiger partial charge in [0, 0.05) is 13.2 Å². The predicted molar refractivity (Wildman–Crippen MR) is 55.7 cm³/mol. The molecule has 0 fully saturated rings. The van der Waals surface area contributed by atoms with Gasteiger partial charge < -0.3 is 5.11 Å². The lowest BCUT2D eigenvalue weighted by atomic mass is 10.3. The van der Waals surface area contributed by atoms with Crippen LogP contribution in [0, 0.1) is 11.3 Å². The first kappa shape index (κ1) is 12.5. The zero-order chi connectivity index (χ0) is 11.5. The minimum atomic E-state index is -1.75. The number of nitriles is 1. The van der Waals surface area contributed by atoms with Crippen LogP contribution in [0.3, 0.4) is 0 Å². The van der Waals surface area contributed by atoms with Gasteiger partial charge in [0.1, 0.15) is 11.8 Å². The number of hydrogen-bond donors (Lipinski definition) is 1. The van der Waals surface area contributed by atoms with Crippen molar-refractivity contribution in [3.63, 3.8) is 0 Å². The molecular weight excluding hydrogens is 262 g/mol. The molecule has 82 valence electrons. The lowest BCUT2D eigenvalue weighted by molar-refractivity contribution is 0.275. The predicted octanol–water partition coefficient (Wildman–Crippen LogP) is 1.36. The van der Waals surface area contributed by atoms with Crippen LogP contribution in [-0.4, -0.2) is 26.7 Å². The van der Waals surface area contributed by atoms with Crippen molar-refractivity contribution in [2.45, 2.75) is 16.8 Å². The number of aryl methyl sites for hydroxylation is 1. The Balaban J connectivity index is 3.08. The van der Waals surface area contributed by atoms with E-state index in [0.29, 0.717) is 13.0 Å². The van der Waals surface area contributed by atoms with Gasteiger partial charge in [0.25, 0.3) is 0 Å². The van der Waals surface area contributed by atoms with Crippen LogP contribution in [0.4, 0.5) is 0 Å². The molecule has 0 aliphatic carbocycles. The number of aliphatic hydroxyl groups excluding tert-OH is 1. The fraction of sp³-hybridized carbons (Fsp3) is 0.571. The van der Waals surface area contributed by atoms with E-state index in [-0.39, 0.29) is 18.0 Å². The van der Waals surface area contributed by atoms with Crippen molar-refractivity contribution in [2.24, 2.45) is 0 Å². The van der Waals surface area contributed by atoms with Crippen LogP contribution < -0.4 is 0 Å². The molecule has 0 atom stereocenters. The largest absolute Gasteiger partial charge is 0.396 e. The first-order chi connectivity index (χ1) is 7.00. The zero-order valence-corrected chi connectivity index (χ0v) is 9.76. The van der Waals surface area contributed by atoms with E-state index in [9.17, 15) is 0 Å². The van der Waals surface area contributed by atoms with E-state index in [4.69, 9.17) is 45.2 Å². The third kappa shape index (κ3) is 2.95. The van der Waals surface area contributed by atoms with E-state index in [1.165, 1.54) is 4.68 Å². The summed E-state index contributed by atoms with van der Waals surface area (Å²) >= 11 is 17.1. The second-order valence-electron chi connectivity index (χ2n) is 2.70. The van der Waals surface area contributed by atoms with Crippen LogP contribution in [0.25, 0.3) is 0 Å². The van der Waals surface area contributed by atoms with Gasteiger partial charge in [0.05, 0.1) is 0 Å². The minimum Gasteiger partial charge on any atom is -0.396 e. The van der Waals surface area contributed by atoms with E-state index < -0.39 is 3.79 Å². The molecule has 0 saturated carbocycles. The first-order valence-electron chi connectivity index (χ1n) is 4.02. The number of nitrogens with zero attached hydrogens (tertiary/aromatic N) is 4. The Morgan fingerprint density at radius 2 is 2.13 bits per heavy atom. The monoisotopic (exact) mass is 268 g/mol. The van der Waals surface area contributed by atoms with Gasteiger partial charge in [-0.2, -0.15) is 5.26 Å². The fourth-order valence-electron chi connectivity index (χ4n) is 1.05. The maximum absolute atomic E-state index is 8.73.